The molecule has 0 aromatic heterocycles. The van der Waals surface area contributed by atoms with Gasteiger partial charge in [-0.05, 0) is 32.3 Å². The second-order valence-electron chi connectivity index (χ2n) is 7.92. The molecule has 0 spiro atoms. The molecule has 1 unspecified atom stereocenters. The van der Waals surface area contributed by atoms with Crippen LogP contribution in [0, 0.1) is 5.92 Å². The zero-order valence-corrected chi connectivity index (χ0v) is 18.1. The molecule has 0 aromatic rings. The van der Waals surface area contributed by atoms with Gasteiger partial charge in [0.05, 0.1) is 17.2 Å². The third-order valence-electron chi connectivity index (χ3n) is 4.40. The number of hydrogen-bond acceptors (Lipinski definition) is 2. The fourth-order valence-corrected chi connectivity index (χ4v) is 2.21. The molecule has 24 heavy (non-hydrogen) atoms. The van der Waals surface area contributed by atoms with E-state index in [1.807, 2.05) is 13.6 Å². The van der Waals surface area contributed by atoms with E-state index in [1.165, 1.54) is 5.57 Å². The van der Waals surface area contributed by atoms with E-state index >= 15 is 0 Å². The van der Waals surface area contributed by atoms with Crippen LogP contribution in [-0.2, 0) is 9.39 Å². The average molecular weight is 370 g/mol. The predicted octanol–water partition coefficient (Wildman–Crippen LogP) is 5.80. The molecular formula is C19H32BClO2P. The Morgan fingerprint density at radius 1 is 1.25 bits per heavy atom. The maximum absolute atomic E-state index is 6.49. The zero-order chi connectivity index (χ0) is 18.5. The van der Waals surface area contributed by atoms with Crippen molar-refractivity contribution in [3.63, 3.8) is 0 Å². The molecule has 0 aliphatic heterocycles. The molecule has 0 heterocycles. The van der Waals surface area contributed by atoms with Gasteiger partial charge in [-0.25, -0.2) is 0 Å². The molecular weight excluding hydrogens is 337 g/mol. The van der Waals surface area contributed by atoms with E-state index in [-0.39, 0.29) is 10.8 Å². The lowest BCUT2D eigenvalue weighted by atomic mass is 9.82. The van der Waals surface area contributed by atoms with E-state index < -0.39 is 0 Å². The van der Waals surface area contributed by atoms with Crippen LogP contribution in [-0.4, -0.2) is 24.8 Å². The van der Waals surface area contributed by atoms with Crippen LogP contribution < -0.4 is 0 Å². The van der Waals surface area contributed by atoms with Gasteiger partial charge in [-0.3, -0.25) is 0 Å². The summed E-state index contributed by atoms with van der Waals surface area (Å²) in [5.74, 6) is 1.33. The van der Waals surface area contributed by atoms with Crippen LogP contribution in [0.4, 0.5) is 0 Å². The molecule has 0 saturated heterocycles. The molecule has 1 aliphatic carbocycles. The molecule has 0 bridgehead atoms. The predicted molar refractivity (Wildman–Crippen MR) is 109 cm³/mol. The van der Waals surface area contributed by atoms with Crippen LogP contribution in [0.3, 0.4) is 0 Å². The number of allylic oxidation sites excluding steroid dienone is 5. The number of ether oxygens (including phenoxy) is 1. The Morgan fingerprint density at radius 3 is 2.38 bits per heavy atom. The van der Waals surface area contributed by atoms with E-state index in [4.69, 9.17) is 21.0 Å². The highest BCUT2D eigenvalue weighted by Crippen LogP contribution is 2.34. The maximum atomic E-state index is 6.49. The molecule has 5 heteroatoms. The lowest BCUT2D eigenvalue weighted by molar-refractivity contribution is 0.0833. The second-order valence-corrected chi connectivity index (χ2v) is 9.77. The largest absolute Gasteiger partial charge is 0.496 e. The highest BCUT2D eigenvalue weighted by atomic mass is 35.5. The van der Waals surface area contributed by atoms with Gasteiger partial charge in [-0.1, -0.05) is 63.3 Å². The Balaban J connectivity index is 2.94. The summed E-state index contributed by atoms with van der Waals surface area (Å²) in [7, 11) is 4.66. The minimum Gasteiger partial charge on any atom is -0.496 e. The fraction of sp³-hybridized carbons (Fsp3) is 0.684. The molecule has 1 rings (SSSR count). The monoisotopic (exact) mass is 369 g/mol. The van der Waals surface area contributed by atoms with Gasteiger partial charge in [-0.2, -0.15) is 0 Å². The Hall–Kier alpha value is -0.235. The van der Waals surface area contributed by atoms with Crippen LogP contribution in [0.1, 0.15) is 61.3 Å². The van der Waals surface area contributed by atoms with Crippen molar-refractivity contribution in [2.75, 3.05) is 6.61 Å². The highest BCUT2D eigenvalue weighted by molar-refractivity contribution is 7.19. The normalized spacial score (nSPS) is 16.8. The van der Waals surface area contributed by atoms with Crippen molar-refractivity contribution in [2.24, 2.45) is 5.92 Å². The van der Waals surface area contributed by atoms with Crippen LogP contribution >= 0.6 is 20.8 Å². The van der Waals surface area contributed by atoms with Crippen LogP contribution in [0.15, 0.2) is 34.0 Å². The topological polar surface area (TPSA) is 18.5 Å². The number of hydrogen-bond donors (Lipinski definition) is 0. The van der Waals surface area contributed by atoms with Crippen molar-refractivity contribution >= 4 is 28.3 Å². The SMILES string of the molecule is CCC1=CC([B]OC(C)(C)C(C)(C)P)=CC(Cl)=C(OCC(C)C)C1. The fourth-order valence-electron chi connectivity index (χ4n) is 1.90. The quantitative estimate of drug-likeness (QED) is 0.397. The summed E-state index contributed by atoms with van der Waals surface area (Å²) in [4.78, 5) is 0. The smallest absolute Gasteiger partial charge is 0.330 e. The van der Waals surface area contributed by atoms with Crippen LogP contribution in [0.2, 0.25) is 0 Å². The van der Waals surface area contributed by atoms with E-state index in [1.54, 1.807) is 0 Å². The summed E-state index contributed by atoms with van der Waals surface area (Å²) >= 11 is 6.49. The van der Waals surface area contributed by atoms with Gasteiger partial charge in [0.1, 0.15) is 5.76 Å². The maximum Gasteiger partial charge on any atom is 0.330 e. The first kappa shape index (κ1) is 21.8. The van der Waals surface area contributed by atoms with Crippen molar-refractivity contribution < 1.29 is 9.39 Å². The van der Waals surface area contributed by atoms with Crippen molar-refractivity contribution in [3.05, 3.63) is 34.0 Å². The Morgan fingerprint density at radius 2 is 1.88 bits per heavy atom. The van der Waals surface area contributed by atoms with Gasteiger partial charge in [-0.15, -0.1) is 9.24 Å². The van der Waals surface area contributed by atoms with Gasteiger partial charge in [0.15, 0.2) is 0 Å². The molecule has 1 radical (unpaired) electrons. The molecule has 1 aliphatic rings. The first-order chi connectivity index (χ1) is 11.0. The van der Waals surface area contributed by atoms with Gasteiger partial charge < -0.3 is 9.39 Å². The third-order valence-corrected chi connectivity index (χ3v) is 5.42. The van der Waals surface area contributed by atoms with Crippen molar-refractivity contribution in [3.8, 4) is 0 Å². The second kappa shape index (κ2) is 8.92. The molecule has 0 N–H and O–H groups in total. The van der Waals surface area contributed by atoms with E-state index in [0.29, 0.717) is 17.6 Å². The summed E-state index contributed by atoms with van der Waals surface area (Å²) in [5, 5.41) is 0.616. The Labute approximate surface area is 156 Å². The summed E-state index contributed by atoms with van der Waals surface area (Å²) in [6.45, 7) is 15.6. The Kier molecular flexibility index (Phi) is 8.11. The molecule has 0 amide bonds. The van der Waals surface area contributed by atoms with E-state index in [2.05, 4.69) is 63.8 Å². The molecule has 135 valence electrons. The average Bonchev–Trinajstić information content (AvgIpc) is 2.60. The third kappa shape index (κ3) is 6.58. The van der Waals surface area contributed by atoms with E-state index in [0.717, 1.165) is 24.1 Å². The minimum atomic E-state index is -0.307. The Bertz CT molecular complexity index is 528. The first-order valence-electron chi connectivity index (χ1n) is 8.68. The molecule has 0 aromatic carbocycles. The molecule has 1 atom stereocenters. The van der Waals surface area contributed by atoms with Crippen molar-refractivity contribution in [1.29, 1.82) is 0 Å². The summed E-state index contributed by atoms with van der Waals surface area (Å²) < 4.78 is 12.0. The van der Waals surface area contributed by atoms with Gasteiger partial charge in [0.2, 0.25) is 0 Å². The number of rotatable bonds is 8. The van der Waals surface area contributed by atoms with Gasteiger partial charge in [0.25, 0.3) is 0 Å². The molecule has 2 nitrogen and oxygen atoms in total. The lowest BCUT2D eigenvalue weighted by Gasteiger charge is -2.39. The van der Waals surface area contributed by atoms with Crippen molar-refractivity contribution in [1.82, 2.24) is 0 Å². The highest BCUT2D eigenvalue weighted by Gasteiger charge is 2.34. The van der Waals surface area contributed by atoms with Crippen molar-refractivity contribution in [2.45, 2.75) is 72.1 Å². The van der Waals surface area contributed by atoms with Crippen LogP contribution in [0.25, 0.3) is 0 Å². The zero-order valence-electron chi connectivity index (χ0n) is 16.2. The molecule has 0 fully saturated rings. The van der Waals surface area contributed by atoms with Crippen LogP contribution in [0.5, 0.6) is 0 Å². The summed E-state index contributed by atoms with van der Waals surface area (Å²) in [6.07, 6.45) is 5.81. The molecule has 0 saturated carbocycles. The van der Waals surface area contributed by atoms with Gasteiger partial charge in [0, 0.05) is 11.6 Å². The standard InChI is InChI=1S/C19H32BClO2P/c1-8-14-9-15(20-23-18(4,5)19(6,7)24)11-16(21)17(10-14)22-12-13(2)3/h9,11,13H,8,10,12,24H2,1-7H3. The minimum absolute atomic E-state index is 0.0444. The van der Waals surface area contributed by atoms with Gasteiger partial charge >= 0.3 is 7.48 Å². The number of halogens is 1. The summed E-state index contributed by atoms with van der Waals surface area (Å²) in [6, 6.07) is 0. The summed E-state index contributed by atoms with van der Waals surface area (Å²) in [5.41, 5.74) is 1.96. The first-order valence-corrected chi connectivity index (χ1v) is 9.64. The van der Waals surface area contributed by atoms with E-state index in [9.17, 15) is 0 Å². The lowest BCUT2D eigenvalue weighted by Crippen LogP contribution is -2.43.